The van der Waals surface area contributed by atoms with Crippen molar-refractivity contribution in [2.75, 3.05) is 41.3 Å². The zero-order valence-corrected chi connectivity index (χ0v) is 18.9. The number of anilines is 4. The molecular weight excluding hydrogens is 420 g/mol. The van der Waals surface area contributed by atoms with Crippen molar-refractivity contribution in [1.82, 2.24) is 20.0 Å². The molecule has 0 radical (unpaired) electrons. The summed E-state index contributed by atoms with van der Waals surface area (Å²) in [6.07, 6.45) is 5.84. The van der Waals surface area contributed by atoms with Gasteiger partial charge in [-0.1, -0.05) is 12.1 Å². The lowest BCUT2D eigenvalue weighted by Gasteiger charge is -2.43. The molecule has 3 aromatic rings. The summed E-state index contributed by atoms with van der Waals surface area (Å²) in [6, 6.07) is 10.1. The van der Waals surface area contributed by atoms with Crippen molar-refractivity contribution in [1.29, 1.82) is 0 Å². The van der Waals surface area contributed by atoms with Crippen molar-refractivity contribution in [3.05, 3.63) is 42.7 Å². The SMILES string of the molecule is CC1(C)C(=O)N(N)CCN1c1ncc(-c2cccc(Nc3nccc(N4CCCC4)n3)c2)o1. The van der Waals surface area contributed by atoms with E-state index in [1.807, 2.05) is 49.1 Å². The third-order valence-corrected chi connectivity index (χ3v) is 6.22. The van der Waals surface area contributed by atoms with E-state index in [9.17, 15) is 4.79 Å². The van der Waals surface area contributed by atoms with Crippen LogP contribution in [0, 0.1) is 0 Å². The third kappa shape index (κ3) is 4.09. The number of hydrogen-bond acceptors (Lipinski definition) is 9. The molecule has 172 valence electrons. The van der Waals surface area contributed by atoms with Crippen LogP contribution in [0.1, 0.15) is 26.7 Å². The number of nitrogens with zero attached hydrogens (tertiary/aromatic N) is 6. The number of carbonyl (C=O) groups excluding carboxylic acids is 1. The van der Waals surface area contributed by atoms with Crippen LogP contribution in [0.25, 0.3) is 11.3 Å². The van der Waals surface area contributed by atoms with Crippen molar-refractivity contribution in [3.63, 3.8) is 0 Å². The Bertz CT molecular complexity index is 1150. The van der Waals surface area contributed by atoms with Crippen LogP contribution in [0.2, 0.25) is 0 Å². The molecule has 5 rings (SSSR count). The second-order valence-corrected chi connectivity index (χ2v) is 8.85. The lowest BCUT2D eigenvalue weighted by Crippen LogP contribution is -2.65. The molecule has 10 nitrogen and oxygen atoms in total. The van der Waals surface area contributed by atoms with Crippen molar-refractivity contribution < 1.29 is 9.21 Å². The minimum absolute atomic E-state index is 0.171. The molecule has 4 heterocycles. The second-order valence-electron chi connectivity index (χ2n) is 8.85. The number of amides is 1. The first-order valence-electron chi connectivity index (χ1n) is 11.2. The summed E-state index contributed by atoms with van der Waals surface area (Å²) in [4.78, 5) is 30.1. The first-order chi connectivity index (χ1) is 15.9. The van der Waals surface area contributed by atoms with E-state index in [0.29, 0.717) is 30.8 Å². The second kappa shape index (κ2) is 8.36. The minimum atomic E-state index is -0.837. The van der Waals surface area contributed by atoms with Crippen LogP contribution in [0.4, 0.5) is 23.5 Å². The van der Waals surface area contributed by atoms with Gasteiger partial charge in [0.1, 0.15) is 11.4 Å². The Morgan fingerprint density at radius 3 is 2.73 bits per heavy atom. The molecule has 0 spiro atoms. The number of nitrogens with one attached hydrogen (secondary N) is 1. The van der Waals surface area contributed by atoms with Crippen LogP contribution in [0.3, 0.4) is 0 Å². The average Bonchev–Trinajstić information content (AvgIpc) is 3.51. The summed E-state index contributed by atoms with van der Waals surface area (Å²) < 4.78 is 6.06. The van der Waals surface area contributed by atoms with Gasteiger partial charge < -0.3 is 19.5 Å². The topological polar surface area (TPSA) is 117 Å². The largest absolute Gasteiger partial charge is 0.423 e. The van der Waals surface area contributed by atoms with Gasteiger partial charge in [0.2, 0.25) is 5.95 Å². The summed E-state index contributed by atoms with van der Waals surface area (Å²) in [7, 11) is 0. The van der Waals surface area contributed by atoms with E-state index in [1.165, 1.54) is 17.9 Å². The molecule has 2 aliphatic heterocycles. The van der Waals surface area contributed by atoms with E-state index in [-0.39, 0.29) is 5.91 Å². The molecular formula is C23H28N8O2. The molecule has 2 saturated heterocycles. The number of piperazine rings is 1. The van der Waals surface area contributed by atoms with Gasteiger partial charge in [-0.05, 0) is 44.9 Å². The predicted molar refractivity (Wildman–Crippen MR) is 126 cm³/mol. The smallest absolute Gasteiger partial charge is 0.298 e. The van der Waals surface area contributed by atoms with Gasteiger partial charge in [-0.15, -0.1) is 0 Å². The quantitative estimate of drug-likeness (QED) is 0.449. The molecule has 1 aromatic carbocycles. The van der Waals surface area contributed by atoms with E-state index in [4.69, 9.17) is 10.3 Å². The zero-order valence-electron chi connectivity index (χ0n) is 18.9. The fourth-order valence-electron chi connectivity index (χ4n) is 4.32. The van der Waals surface area contributed by atoms with E-state index in [0.717, 1.165) is 30.2 Å². The molecule has 10 heteroatoms. The highest BCUT2D eigenvalue weighted by Crippen LogP contribution is 2.32. The Hall–Kier alpha value is -3.66. The molecule has 2 aliphatic rings. The third-order valence-electron chi connectivity index (χ3n) is 6.22. The van der Waals surface area contributed by atoms with Crippen LogP contribution in [-0.4, -0.2) is 57.6 Å². The number of hydrazine groups is 1. The minimum Gasteiger partial charge on any atom is -0.423 e. The molecule has 0 saturated carbocycles. The molecule has 0 aliphatic carbocycles. The molecule has 3 N–H and O–H groups in total. The fourth-order valence-corrected chi connectivity index (χ4v) is 4.32. The highest BCUT2D eigenvalue weighted by atomic mass is 16.4. The molecule has 2 fully saturated rings. The Morgan fingerprint density at radius 2 is 1.91 bits per heavy atom. The number of nitrogens with two attached hydrogens (primary N) is 1. The first kappa shape index (κ1) is 21.2. The number of oxazole rings is 1. The van der Waals surface area contributed by atoms with Crippen molar-refractivity contribution in [3.8, 4) is 11.3 Å². The van der Waals surface area contributed by atoms with Gasteiger partial charge in [0.25, 0.3) is 11.9 Å². The monoisotopic (exact) mass is 448 g/mol. The fraction of sp³-hybridized carbons (Fsp3) is 0.391. The maximum Gasteiger partial charge on any atom is 0.298 e. The van der Waals surface area contributed by atoms with Gasteiger partial charge in [0, 0.05) is 37.1 Å². The van der Waals surface area contributed by atoms with Crippen LogP contribution in [0.5, 0.6) is 0 Å². The zero-order chi connectivity index (χ0) is 23.0. The summed E-state index contributed by atoms with van der Waals surface area (Å²) >= 11 is 0. The van der Waals surface area contributed by atoms with Crippen molar-refractivity contribution in [2.45, 2.75) is 32.2 Å². The van der Waals surface area contributed by atoms with Gasteiger partial charge in [0.15, 0.2) is 5.76 Å². The number of aromatic nitrogens is 3. The number of hydrogen-bond donors (Lipinski definition) is 2. The molecule has 2 aromatic heterocycles. The average molecular weight is 449 g/mol. The van der Waals surface area contributed by atoms with Gasteiger partial charge >= 0.3 is 0 Å². The van der Waals surface area contributed by atoms with Gasteiger partial charge in [-0.3, -0.25) is 9.80 Å². The van der Waals surface area contributed by atoms with E-state index in [1.54, 1.807) is 12.4 Å². The Balaban J connectivity index is 1.35. The molecule has 0 atom stereocenters. The summed E-state index contributed by atoms with van der Waals surface area (Å²) in [5, 5.41) is 4.53. The standard InChI is InChI=1S/C23H28N8O2/c1-23(2)20(32)31(24)13-12-30(23)22-26-15-18(33-22)16-6-5-7-17(14-16)27-21-25-9-8-19(28-21)29-10-3-4-11-29/h5-9,14-15H,3-4,10-13,24H2,1-2H3,(H,25,27,28). The number of carbonyl (C=O) groups is 1. The van der Waals surface area contributed by atoms with Crippen molar-refractivity contribution >= 4 is 29.4 Å². The molecule has 0 bridgehead atoms. The maximum atomic E-state index is 12.5. The summed E-state index contributed by atoms with van der Waals surface area (Å²) in [6.45, 7) is 6.65. The Kier molecular flexibility index (Phi) is 5.37. The highest BCUT2D eigenvalue weighted by Gasteiger charge is 2.43. The Labute approximate surface area is 192 Å². The molecule has 33 heavy (non-hydrogen) atoms. The highest BCUT2D eigenvalue weighted by molar-refractivity contribution is 5.89. The maximum absolute atomic E-state index is 12.5. The van der Waals surface area contributed by atoms with Crippen molar-refractivity contribution in [2.24, 2.45) is 5.84 Å². The van der Waals surface area contributed by atoms with Crippen LogP contribution in [-0.2, 0) is 4.79 Å². The lowest BCUT2D eigenvalue weighted by atomic mass is 9.99. The predicted octanol–water partition coefficient (Wildman–Crippen LogP) is 2.78. The summed E-state index contributed by atoms with van der Waals surface area (Å²) in [5.41, 5.74) is 0.864. The number of benzene rings is 1. The van der Waals surface area contributed by atoms with Crippen LogP contribution in [0.15, 0.2) is 47.1 Å². The van der Waals surface area contributed by atoms with E-state index < -0.39 is 5.54 Å². The van der Waals surface area contributed by atoms with Gasteiger partial charge in [-0.25, -0.2) is 15.8 Å². The van der Waals surface area contributed by atoms with Crippen LogP contribution < -0.4 is 21.0 Å². The van der Waals surface area contributed by atoms with E-state index in [2.05, 4.69) is 25.2 Å². The van der Waals surface area contributed by atoms with Gasteiger partial charge in [0.05, 0.1) is 12.7 Å². The van der Waals surface area contributed by atoms with E-state index >= 15 is 0 Å². The Morgan fingerprint density at radius 1 is 1.09 bits per heavy atom. The normalized spacial score (nSPS) is 18.2. The molecule has 1 amide bonds. The number of rotatable bonds is 5. The van der Waals surface area contributed by atoms with Crippen LogP contribution >= 0.6 is 0 Å². The lowest BCUT2D eigenvalue weighted by molar-refractivity contribution is -0.138. The van der Waals surface area contributed by atoms with Gasteiger partial charge in [-0.2, -0.15) is 4.98 Å². The summed E-state index contributed by atoms with van der Waals surface area (Å²) in [5.74, 6) is 7.73. The first-order valence-corrected chi connectivity index (χ1v) is 11.2. The molecule has 0 unspecified atom stereocenters.